The van der Waals surface area contributed by atoms with Crippen molar-refractivity contribution in [3.05, 3.63) is 77.5 Å². The molecule has 0 spiro atoms. The number of carbonyl (C=O) groups is 1. The number of furan rings is 1. The van der Waals surface area contributed by atoms with Crippen molar-refractivity contribution in [1.29, 1.82) is 0 Å². The van der Waals surface area contributed by atoms with E-state index in [9.17, 15) is 13.2 Å². The van der Waals surface area contributed by atoms with Crippen molar-refractivity contribution in [3.8, 4) is 0 Å². The number of sulfone groups is 1. The van der Waals surface area contributed by atoms with Crippen LogP contribution in [0.2, 0.25) is 5.02 Å². The summed E-state index contributed by atoms with van der Waals surface area (Å²) in [6, 6.07) is 17.1. The molecule has 24 heavy (non-hydrogen) atoms. The molecule has 0 bridgehead atoms. The second kappa shape index (κ2) is 6.51. The Bertz CT molecular complexity index is 981. The highest BCUT2D eigenvalue weighted by molar-refractivity contribution is 7.91. The highest BCUT2D eigenvalue weighted by Crippen LogP contribution is 2.24. The number of carbonyl (C=O) groups excluding carboxylic acids is 1. The quantitative estimate of drug-likeness (QED) is 0.761. The van der Waals surface area contributed by atoms with Crippen LogP contribution in [0, 0.1) is 0 Å². The lowest BCUT2D eigenvalue weighted by atomic mass is 10.3. The van der Waals surface area contributed by atoms with E-state index in [1.165, 1.54) is 24.3 Å². The van der Waals surface area contributed by atoms with Gasteiger partial charge in [0.1, 0.15) is 0 Å². The molecule has 0 fully saturated rings. The van der Waals surface area contributed by atoms with Crippen molar-refractivity contribution >= 4 is 33.0 Å². The van der Waals surface area contributed by atoms with Crippen LogP contribution in [-0.2, 0) is 9.84 Å². The van der Waals surface area contributed by atoms with Crippen LogP contribution in [0.3, 0.4) is 0 Å². The number of benzene rings is 2. The van der Waals surface area contributed by atoms with E-state index < -0.39 is 15.7 Å². The Labute approximate surface area is 143 Å². The molecule has 1 heterocycles. The Morgan fingerprint density at radius 3 is 2.29 bits per heavy atom. The van der Waals surface area contributed by atoms with Gasteiger partial charge in [-0.05, 0) is 36.4 Å². The van der Waals surface area contributed by atoms with Gasteiger partial charge in [0, 0.05) is 0 Å². The van der Waals surface area contributed by atoms with Gasteiger partial charge in [0.15, 0.2) is 5.76 Å². The second-order valence-electron chi connectivity index (χ2n) is 4.87. The molecule has 3 aromatic rings. The molecule has 1 N–H and O–H groups in total. The lowest BCUT2D eigenvalue weighted by Crippen LogP contribution is -2.11. The van der Waals surface area contributed by atoms with E-state index in [0.717, 1.165) is 0 Å². The number of rotatable bonds is 4. The van der Waals surface area contributed by atoms with Gasteiger partial charge in [0.25, 0.3) is 5.91 Å². The average Bonchev–Trinajstić information content (AvgIpc) is 3.09. The fourth-order valence-electron chi connectivity index (χ4n) is 2.05. The van der Waals surface area contributed by atoms with Crippen LogP contribution in [0.4, 0.5) is 5.69 Å². The SMILES string of the molecule is O=C(Nc1ccccc1Cl)c1ccc(S(=O)(=O)c2ccccc2)o1. The van der Waals surface area contributed by atoms with Gasteiger partial charge in [-0.1, -0.05) is 41.9 Å². The zero-order valence-electron chi connectivity index (χ0n) is 12.3. The van der Waals surface area contributed by atoms with Crippen molar-refractivity contribution in [3.63, 3.8) is 0 Å². The van der Waals surface area contributed by atoms with Gasteiger partial charge in [0.05, 0.1) is 15.6 Å². The van der Waals surface area contributed by atoms with Crippen molar-refractivity contribution in [2.75, 3.05) is 5.32 Å². The van der Waals surface area contributed by atoms with E-state index in [0.29, 0.717) is 10.7 Å². The van der Waals surface area contributed by atoms with Gasteiger partial charge in [0.2, 0.25) is 14.9 Å². The van der Waals surface area contributed by atoms with E-state index in [2.05, 4.69) is 5.32 Å². The third kappa shape index (κ3) is 3.20. The number of anilines is 1. The van der Waals surface area contributed by atoms with Crippen LogP contribution in [0.1, 0.15) is 10.6 Å². The summed E-state index contributed by atoms with van der Waals surface area (Å²) in [5, 5.41) is 2.65. The van der Waals surface area contributed by atoms with Gasteiger partial charge < -0.3 is 9.73 Å². The Hall–Kier alpha value is -2.57. The zero-order chi connectivity index (χ0) is 17.2. The molecule has 0 saturated carbocycles. The molecule has 3 rings (SSSR count). The molecule has 7 heteroatoms. The maximum absolute atomic E-state index is 12.4. The number of hydrogen-bond acceptors (Lipinski definition) is 4. The lowest BCUT2D eigenvalue weighted by Gasteiger charge is -2.05. The zero-order valence-corrected chi connectivity index (χ0v) is 13.8. The van der Waals surface area contributed by atoms with Crippen LogP contribution in [0.25, 0.3) is 0 Å². The Morgan fingerprint density at radius 1 is 0.917 bits per heavy atom. The molecule has 1 aromatic heterocycles. The minimum absolute atomic E-state index is 0.0948. The summed E-state index contributed by atoms with van der Waals surface area (Å²) in [6.45, 7) is 0. The normalized spacial score (nSPS) is 11.2. The van der Waals surface area contributed by atoms with E-state index in [1.54, 1.807) is 42.5 Å². The number of hydrogen-bond donors (Lipinski definition) is 1. The van der Waals surface area contributed by atoms with Gasteiger partial charge >= 0.3 is 0 Å². The summed E-state index contributed by atoms with van der Waals surface area (Å²) in [7, 11) is -3.81. The number of halogens is 1. The highest BCUT2D eigenvalue weighted by Gasteiger charge is 2.23. The smallest absolute Gasteiger partial charge is 0.291 e. The van der Waals surface area contributed by atoms with Crippen molar-refractivity contribution in [2.24, 2.45) is 0 Å². The first-order valence-electron chi connectivity index (χ1n) is 6.94. The number of nitrogens with one attached hydrogen (secondary N) is 1. The monoisotopic (exact) mass is 361 g/mol. The first-order valence-corrected chi connectivity index (χ1v) is 8.80. The molecule has 1 amide bonds. The first-order chi connectivity index (χ1) is 11.5. The Balaban J connectivity index is 1.86. The molecule has 2 aromatic carbocycles. The predicted octanol–water partition coefficient (Wildman–Crippen LogP) is 4.02. The topological polar surface area (TPSA) is 76.4 Å². The summed E-state index contributed by atoms with van der Waals surface area (Å²) < 4.78 is 30.1. The van der Waals surface area contributed by atoms with Crippen molar-refractivity contribution in [1.82, 2.24) is 0 Å². The summed E-state index contributed by atoms with van der Waals surface area (Å²) in [5.41, 5.74) is 0.410. The van der Waals surface area contributed by atoms with Crippen LogP contribution >= 0.6 is 11.6 Å². The van der Waals surface area contributed by atoms with Crippen LogP contribution in [0.5, 0.6) is 0 Å². The third-order valence-corrected chi connectivity index (χ3v) is 5.22. The molecule has 0 aliphatic heterocycles. The molecule has 5 nitrogen and oxygen atoms in total. The summed E-state index contributed by atoms with van der Waals surface area (Å²) in [6.07, 6.45) is 0. The maximum atomic E-state index is 12.4. The maximum Gasteiger partial charge on any atom is 0.291 e. The Kier molecular flexibility index (Phi) is 4.42. The minimum atomic E-state index is -3.81. The van der Waals surface area contributed by atoms with Crippen LogP contribution in [0.15, 0.2) is 81.1 Å². The molecule has 0 aliphatic rings. The molecular weight excluding hydrogens is 350 g/mol. The van der Waals surface area contributed by atoms with Crippen LogP contribution in [-0.4, -0.2) is 14.3 Å². The predicted molar refractivity (Wildman–Crippen MR) is 90.0 cm³/mol. The van der Waals surface area contributed by atoms with Crippen LogP contribution < -0.4 is 5.32 Å². The summed E-state index contributed by atoms with van der Waals surface area (Å²) in [5.74, 6) is -0.706. The molecular formula is C17H12ClNO4S. The number of para-hydroxylation sites is 1. The second-order valence-corrected chi connectivity index (χ2v) is 7.16. The molecule has 0 aliphatic carbocycles. The minimum Gasteiger partial charge on any atom is -0.439 e. The summed E-state index contributed by atoms with van der Waals surface area (Å²) in [4.78, 5) is 12.3. The lowest BCUT2D eigenvalue weighted by molar-refractivity contribution is 0.0991. The largest absolute Gasteiger partial charge is 0.439 e. The summed E-state index contributed by atoms with van der Waals surface area (Å²) >= 11 is 5.97. The van der Waals surface area contributed by atoms with E-state index >= 15 is 0 Å². The van der Waals surface area contributed by atoms with Crippen molar-refractivity contribution in [2.45, 2.75) is 9.99 Å². The highest BCUT2D eigenvalue weighted by atomic mass is 35.5. The fraction of sp³-hybridized carbons (Fsp3) is 0. The van der Waals surface area contributed by atoms with Crippen molar-refractivity contribution < 1.29 is 17.6 Å². The van der Waals surface area contributed by atoms with Gasteiger partial charge in [-0.2, -0.15) is 0 Å². The average molecular weight is 362 g/mol. The molecule has 0 atom stereocenters. The molecule has 0 saturated heterocycles. The molecule has 122 valence electrons. The molecule has 0 unspecified atom stereocenters. The molecule has 0 radical (unpaired) electrons. The van der Waals surface area contributed by atoms with E-state index in [1.807, 2.05) is 0 Å². The fourth-order valence-corrected chi connectivity index (χ4v) is 3.43. The van der Waals surface area contributed by atoms with Gasteiger partial charge in [-0.3, -0.25) is 4.79 Å². The first kappa shape index (κ1) is 16.3. The van der Waals surface area contributed by atoms with E-state index in [4.69, 9.17) is 16.0 Å². The Morgan fingerprint density at radius 2 is 1.58 bits per heavy atom. The number of amides is 1. The third-order valence-electron chi connectivity index (χ3n) is 3.25. The van der Waals surface area contributed by atoms with E-state index in [-0.39, 0.29) is 15.7 Å². The standard InChI is InChI=1S/C17H12ClNO4S/c18-13-8-4-5-9-14(13)19-17(20)15-10-11-16(23-15)24(21,22)12-6-2-1-3-7-12/h1-11H,(H,19,20). The van der Waals surface area contributed by atoms with Gasteiger partial charge in [-0.25, -0.2) is 8.42 Å². The van der Waals surface area contributed by atoms with Gasteiger partial charge in [-0.15, -0.1) is 0 Å².